The van der Waals surface area contributed by atoms with Gasteiger partial charge in [-0.05, 0) is 33.1 Å². The summed E-state index contributed by atoms with van der Waals surface area (Å²) in [4.78, 5) is 24.8. The molecule has 0 aliphatic heterocycles. The molecule has 0 saturated heterocycles. The number of hydrogen-bond donors (Lipinski definition) is 4. The number of nitrogens with one attached hydrogen (secondary N) is 2. The van der Waals surface area contributed by atoms with Gasteiger partial charge in [-0.25, -0.2) is 0 Å². The first kappa shape index (κ1) is 33.2. The number of carbonyl (C=O) groups excluding carboxylic acids is 2. The Morgan fingerprint density at radius 2 is 0.975 bits per heavy atom. The fourth-order valence-corrected chi connectivity index (χ4v) is 5.50. The van der Waals surface area contributed by atoms with E-state index < -0.39 is 11.8 Å². The minimum Gasteiger partial charge on any atom is -0.410 e. The lowest BCUT2D eigenvalue weighted by Crippen LogP contribution is -2.34. The van der Waals surface area contributed by atoms with Crippen molar-refractivity contribution in [3.8, 4) is 0 Å². The smallest absolute Gasteiger partial charge is 0.269 e. The van der Waals surface area contributed by atoms with Crippen molar-refractivity contribution in [3.63, 3.8) is 0 Å². The topological polar surface area (TPSA) is 123 Å². The fraction of sp³-hybridized carbons (Fsp3) is 0.467. The lowest BCUT2D eigenvalue weighted by atomic mass is 9.86. The number of benzene rings is 2. The number of carbonyl (C=O) groups is 2. The summed E-state index contributed by atoms with van der Waals surface area (Å²) >= 11 is 0. The van der Waals surface area contributed by atoms with Crippen LogP contribution in [0.3, 0.4) is 0 Å². The zero-order valence-corrected chi connectivity index (χ0v) is 25.9. The van der Waals surface area contributed by atoms with Crippen LogP contribution in [-0.4, -0.2) is 58.2 Å². The predicted molar refractivity (Wildman–Crippen MR) is 167 cm³/mol. The molecule has 2 aromatic carbocycles. The Kier molecular flexibility index (Phi) is 13.1. The van der Waals surface area contributed by atoms with E-state index in [2.05, 4.69) is 62.5 Å². The van der Waals surface area contributed by atoms with Crippen LogP contribution in [0.2, 0.25) is 0 Å². The molecule has 0 bridgehead atoms. The van der Waals surface area contributed by atoms with Gasteiger partial charge in [0, 0.05) is 37.4 Å². The van der Waals surface area contributed by atoms with Crippen LogP contribution in [0.25, 0.3) is 0 Å². The average Bonchev–Trinajstić information content (AvgIpc) is 2.91. The Bertz CT molecular complexity index is 1070. The molecule has 2 amide bonds. The normalized spacial score (nSPS) is 12.8. The SMILES string of the molecule is CC(C)(C)c1ccc(CC(=NO)C(=O)NCCSSCCNC(=O)C(Cc2ccc(C(C)(C)C)cc2)=NO)cc1. The van der Waals surface area contributed by atoms with Gasteiger partial charge < -0.3 is 21.0 Å². The van der Waals surface area contributed by atoms with Crippen molar-refractivity contribution in [3.05, 3.63) is 70.8 Å². The van der Waals surface area contributed by atoms with Crippen LogP contribution in [-0.2, 0) is 33.3 Å². The Morgan fingerprint density at radius 1 is 0.650 bits per heavy atom. The summed E-state index contributed by atoms with van der Waals surface area (Å²) in [5.41, 5.74) is 4.40. The van der Waals surface area contributed by atoms with E-state index in [1.165, 1.54) is 11.1 Å². The Labute approximate surface area is 245 Å². The van der Waals surface area contributed by atoms with Crippen LogP contribution in [0.4, 0.5) is 0 Å². The van der Waals surface area contributed by atoms with Gasteiger partial charge in [-0.2, -0.15) is 0 Å². The first-order valence-corrected chi connectivity index (χ1v) is 15.8. The van der Waals surface area contributed by atoms with Gasteiger partial charge in [0.05, 0.1) is 0 Å². The molecule has 0 saturated carbocycles. The van der Waals surface area contributed by atoms with E-state index in [9.17, 15) is 20.0 Å². The van der Waals surface area contributed by atoms with Gasteiger partial charge in [0.15, 0.2) is 0 Å². The summed E-state index contributed by atoms with van der Waals surface area (Å²) in [5.74, 6) is 0.502. The first-order chi connectivity index (χ1) is 18.8. The summed E-state index contributed by atoms with van der Waals surface area (Å²) in [6, 6.07) is 15.9. The van der Waals surface area contributed by atoms with E-state index in [1.54, 1.807) is 21.6 Å². The molecule has 8 nitrogen and oxygen atoms in total. The molecule has 0 unspecified atom stereocenters. The number of oxime groups is 2. The van der Waals surface area contributed by atoms with E-state index in [4.69, 9.17) is 0 Å². The van der Waals surface area contributed by atoms with Crippen molar-refractivity contribution in [2.45, 2.75) is 65.2 Å². The maximum Gasteiger partial charge on any atom is 0.269 e. The lowest BCUT2D eigenvalue weighted by Gasteiger charge is -2.19. The van der Waals surface area contributed by atoms with Crippen molar-refractivity contribution in [1.29, 1.82) is 0 Å². The van der Waals surface area contributed by atoms with Crippen molar-refractivity contribution in [1.82, 2.24) is 10.6 Å². The van der Waals surface area contributed by atoms with Gasteiger partial charge in [0.25, 0.3) is 11.8 Å². The molecule has 10 heteroatoms. The van der Waals surface area contributed by atoms with Crippen LogP contribution >= 0.6 is 21.6 Å². The minimum atomic E-state index is -0.399. The summed E-state index contributed by atoms with van der Waals surface area (Å²) < 4.78 is 0. The molecular formula is C30H42N4O4S2. The van der Waals surface area contributed by atoms with Gasteiger partial charge in [0.2, 0.25) is 0 Å². The largest absolute Gasteiger partial charge is 0.410 e. The molecule has 0 atom stereocenters. The molecule has 0 fully saturated rings. The summed E-state index contributed by atoms with van der Waals surface area (Å²) in [6.45, 7) is 13.7. The molecule has 0 aliphatic rings. The number of nitrogens with zero attached hydrogens (tertiary/aromatic N) is 2. The molecule has 0 heterocycles. The van der Waals surface area contributed by atoms with Gasteiger partial charge in [-0.15, -0.1) is 0 Å². The molecular weight excluding hydrogens is 544 g/mol. The van der Waals surface area contributed by atoms with Crippen molar-refractivity contribution in [2.75, 3.05) is 24.6 Å². The van der Waals surface area contributed by atoms with E-state index in [0.717, 1.165) is 11.1 Å². The predicted octanol–water partition coefficient (Wildman–Crippen LogP) is 5.34. The number of hydrogen-bond acceptors (Lipinski definition) is 8. The maximum atomic E-state index is 12.4. The highest BCUT2D eigenvalue weighted by molar-refractivity contribution is 8.76. The van der Waals surface area contributed by atoms with Crippen LogP contribution < -0.4 is 10.6 Å². The monoisotopic (exact) mass is 586 g/mol. The molecule has 0 spiro atoms. The van der Waals surface area contributed by atoms with Gasteiger partial charge >= 0.3 is 0 Å². The molecule has 40 heavy (non-hydrogen) atoms. The van der Waals surface area contributed by atoms with Crippen LogP contribution in [0.5, 0.6) is 0 Å². The van der Waals surface area contributed by atoms with Crippen LogP contribution in [0.15, 0.2) is 58.8 Å². The van der Waals surface area contributed by atoms with Gasteiger partial charge in [-0.1, -0.05) is 122 Å². The molecule has 0 aromatic heterocycles. The quantitative estimate of drug-likeness (QED) is 0.0826. The second-order valence-electron chi connectivity index (χ2n) is 11.5. The minimum absolute atomic E-state index is 0.0427. The third-order valence-electron chi connectivity index (χ3n) is 6.17. The van der Waals surface area contributed by atoms with E-state index in [0.29, 0.717) is 24.6 Å². The zero-order valence-electron chi connectivity index (χ0n) is 24.3. The Balaban J connectivity index is 1.63. The maximum absolute atomic E-state index is 12.4. The summed E-state index contributed by atoms with van der Waals surface area (Å²) in [5, 5.41) is 30.6. The number of amides is 2. The molecule has 2 rings (SSSR count). The second kappa shape index (κ2) is 15.7. The second-order valence-corrected chi connectivity index (χ2v) is 14.2. The van der Waals surface area contributed by atoms with Crippen molar-refractivity contribution < 1.29 is 20.0 Å². The molecule has 4 N–H and O–H groups in total. The average molecular weight is 587 g/mol. The van der Waals surface area contributed by atoms with Crippen LogP contribution in [0, 0.1) is 0 Å². The van der Waals surface area contributed by atoms with E-state index in [-0.39, 0.29) is 35.1 Å². The van der Waals surface area contributed by atoms with Gasteiger partial charge in [-0.3, -0.25) is 9.59 Å². The van der Waals surface area contributed by atoms with E-state index in [1.807, 2.05) is 48.5 Å². The Morgan fingerprint density at radius 3 is 1.25 bits per heavy atom. The first-order valence-electron chi connectivity index (χ1n) is 13.3. The third kappa shape index (κ3) is 11.3. The van der Waals surface area contributed by atoms with Crippen molar-refractivity contribution >= 4 is 44.8 Å². The fourth-order valence-electron chi connectivity index (χ4n) is 3.69. The van der Waals surface area contributed by atoms with E-state index >= 15 is 0 Å². The highest BCUT2D eigenvalue weighted by Gasteiger charge is 2.17. The highest BCUT2D eigenvalue weighted by atomic mass is 33.1. The number of rotatable bonds is 13. The third-order valence-corrected chi connectivity index (χ3v) is 8.58. The van der Waals surface area contributed by atoms with Crippen molar-refractivity contribution in [2.24, 2.45) is 10.3 Å². The zero-order chi connectivity index (χ0) is 29.8. The highest BCUT2D eigenvalue weighted by Crippen LogP contribution is 2.23. The standard InChI is InChI=1S/C30H42N4O4S2/c1-29(2,3)23-11-7-21(8-12-23)19-25(33-37)27(35)31-15-17-39-40-18-16-32-28(36)26(34-38)20-22-9-13-24(14-10-22)30(4,5)6/h7-14,37-38H,15-20H2,1-6H3,(H,31,35)(H,32,36). The lowest BCUT2D eigenvalue weighted by molar-refractivity contribution is -0.115. The summed E-state index contributed by atoms with van der Waals surface area (Å²) in [6.07, 6.45) is 0.491. The van der Waals surface area contributed by atoms with Crippen LogP contribution in [0.1, 0.15) is 63.8 Å². The molecule has 218 valence electrons. The molecule has 0 aliphatic carbocycles. The molecule has 2 aromatic rings. The van der Waals surface area contributed by atoms with Gasteiger partial charge in [0.1, 0.15) is 11.4 Å². The Hall–Kier alpha value is -2.98. The summed E-state index contributed by atoms with van der Waals surface area (Å²) in [7, 11) is 3.13. The molecule has 0 radical (unpaired) electrons.